The standard InChI is InChI=1S/C33H30N4O4S/c1-5-41-32(40)26-20(2)34-33-37(28(26)22-15-17-23(18-16-22)35(3)4)31(39)29(42-33)27-24-13-9-10-14-25(24)36(30(27)38)19-21-11-7-6-8-12-21/h6-18,28H,5,19H2,1-4H3/b29-27-/t28-/m1/s1. The van der Waals surface area contributed by atoms with Gasteiger partial charge in [-0.15, -0.1) is 0 Å². The average molecular weight is 579 g/mol. The molecule has 0 radical (unpaired) electrons. The fraction of sp³-hybridized carbons (Fsp3) is 0.212. The van der Waals surface area contributed by atoms with Crippen LogP contribution in [0.1, 0.15) is 36.6 Å². The number of hydrogen-bond acceptors (Lipinski definition) is 7. The summed E-state index contributed by atoms with van der Waals surface area (Å²) in [5.74, 6) is -0.756. The number of rotatable bonds is 6. The summed E-state index contributed by atoms with van der Waals surface area (Å²) < 4.78 is 7.25. The summed E-state index contributed by atoms with van der Waals surface area (Å²) in [4.78, 5) is 50.5. The van der Waals surface area contributed by atoms with Crippen LogP contribution in [0.2, 0.25) is 0 Å². The number of benzene rings is 3. The Bertz CT molecular complexity index is 1920. The Balaban J connectivity index is 1.57. The van der Waals surface area contributed by atoms with Crippen LogP contribution < -0.4 is 24.7 Å². The molecule has 0 fully saturated rings. The van der Waals surface area contributed by atoms with Crippen LogP contribution in [0.15, 0.2) is 99.9 Å². The van der Waals surface area contributed by atoms with Crippen LogP contribution in [-0.4, -0.2) is 37.1 Å². The molecule has 212 valence electrons. The van der Waals surface area contributed by atoms with Gasteiger partial charge in [-0.05, 0) is 43.2 Å². The van der Waals surface area contributed by atoms with Crippen molar-refractivity contribution in [2.45, 2.75) is 26.4 Å². The second kappa shape index (κ2) is 10.9. The molecule has 42 heavy (non-hydrogen) atoms. The minimum Gasteiger partial charge on any atom is -0.463 e. The summed E-state index contributed by atoms with van der Waals surface area (Å²) in [6.45, 7) is 4.08. The van der Waals surface area contributed by atoms with Crippen LogP contribution in [0.25, 0.3) is 5.57 Å². The van der Waals surface area contributed by atoms with Crippen molar-refractivity contribution >= 4 is 40.2 Å². The second-order valence-corrected chi connectivity index (χ2v) is 11.4. The number of aromatic nitrogens is 1. The van der Waals surface area contributed by atoms with Crippen molar-refractivity contribution < 1.29 is 14.3 Å². The number of amides is 1. The molecule has 3 aromatic carbocycles. The van der Waals surface area contributed by atoms with Gasteiger partial charge in [-0.2, -0.15) is 0 Å². The van der Waals surface area contributed by atoms with E-state index in [2.05, 4.69) is 4.99 Å². The number of carbonyl (C=O) groups is 2. The predicted octanol–water partition coefficient (Wildman–Crippen LogP) is 3.78. The lowest BCUT2D eigenvalue weighted by atomic mass is 9.95. The minimum absolute atomic E-state index is 0.193. The molecule has 2 aliphatic heterocycles. The Morgan fingerprint density at radius 3 is 2.36 bits per heavy atom. The molecule has 8 nitrogen and oxygen atoms in total. The maximum absolute atomic E-state index is 14.4. The van der Waals surface area contributed by atoms with Gasteiger partial charge in [0.15, 0.2) is 4.80 Å². The number of hydrogen-bond donors (Lipinski definition) is 0. The van der Waals surface area contributed by atoms with Crippen molar-refractivity contribution in [1.29, 1.82) is 0 Å². The third-order valence-corrected chi connectivity index (χ3v) is 8.61. The molecule has 0 aliphatic carbocycles. The first-order valence-corrected chi connectivity index (χ1v) is 14.6. The molecule has 1 atom stereocenters. The van der Waals surface area contributed by atoms with E-state index < -0.39 is 12.0 Å². The zero-order valence-corrected chi connectivity index (χ0v) is 24.6. The summed E-state index contributed by atoms with van der Waals surface area (Å²) in [6, 6.07) is 24.3. The lowest BCUT2D eigenvalue weighted by Gasteiger charge is -2.25. The summed E-state index contributed by atoms with van der Waals surface area (Å²) in [5.41, 5.74) is 4.96. The Hall–Kier alpha value is -4.76. The molecule has 0 saturated carbocycles. The molecule has 3 heterocycles. The highest BCUT2D eigenvalue weighted by atomic mass is 32.1. The van der Waals surface area contributed by atoms with Crippen LogP contribution in [0.4, 0.5) is 11.4 Å². The van der Waals surface area contributed by atoms with Gasteiger partial charge < -0.3 is 14.5 Å². The third-order valence-electron chi connectivity index (χ3n) is 7.55. The fourth-order valence-electron chi connectivity index (χ4n) is 5.53. The fourth-order valence-corrected chi connectivity index (χ4v) is 6.67. The van der Waals surface area contributed by atoms with E-state index in [-0.39, 0.29) is 18.1 Å². The molecule has 1 amide bonds. The molecule has 0 bridgehead atoms. The van der Waals surface area contributed by atoms with Crippen molar-refractivity contribution in [1.82, 2.24) is 4.57 Å². The van der Waals surface area contributed by atoms with Crippen LogP contribution in [0.5, 0.6) is 0 Å². The van der Waals surface area contributed by atoms with Crippen LogP contribution >= 0.6 is 11.3 Å². The molecule has 9 heteroatoms. The SMILES string of the molecule is CCOC(=O)C1=C(C)N=c2s/c(=C3\C(=O)N(Cc4ccccc4)c4ccccc43)c(=O)n2[C@@H]1c1ccc(N(C)C)cc1. The van der Waals surface area contributed by atoms with Crippen LogP contribution in [0, 0.1) is 0 Å². The normalized spacial score (nSPS) is 17.1. The van der Waals surface area contributed by atoms with Crippen LogP contribution in [-0.2, 0) is 20.9 Å². The van der Waals surface area contributed by atoms with Crippen molar-refractivity contribution in [2.24, 2.45) is 4.99 Å². The molecular weight excluding hydrogens is 548 g/mol. The largest absolute Gasteiger partial charge is 0.463 e. The highest BCUT2D eigenvalue weighted by Gasteiger charge is 2.37. The number of ether oxygens (including phenoxy) is 1. The molecule has 4 aromatic rings. The first kappa shape index (κ1) is 27.4. The lowest BCUT2D eigenvalue weighted by molar-refractivity contribution is -0.139. The van der Waals surface area contributed by atoms with Gasteiger partial charge in [-0.1, -0.05) is 72.0 Å². The third kappa shape index (κ3) is 4.55. The highest BCUT2D eigenvalue weighted by molar-refractivity contribution is 7.07. The Morgan fingerprint density at radius 2 is 1.67 bits per heavy atom. The monoisotopic (exact) mass is 578 g/mol. The zero-order chi connectivity index (χ0) is 29.5. The number of esters is 1. The van der Waals surface area contributed by atoms with Gasteiger partial charge in [-0.25, -0.2) is 9.79 Å². The highest BCUT2D eigenvalue weighted by Crippen LogP contribution is 2.37. The number of nitrogens with zero attached hydrogens (tertiary/aromatic N) is 4. The van der Waals surface area contributed by atoms with Crippen molar-refractivity contribution in [3.05, 3.63) is 127 Å². The Morgan fingerprint density at radius 1 is 0.976 bits per heavy atom. The number of thiazole rings is 1. The molecular formula is C33H30N4O4S. The van der Waals surface area contributed by atoms with Gasteiger partial charge in [0.05, 0.1) is 41.7 Å². The van der Waals surface area contributed by atoms with E-state index in [1.165, 1.54) is 15.9 Å². The van der Waals surface area contributed by atoms with Crippen molar-refractivity contribution in [2.75, 3.05) is 30.5 Å². The summed E-state index contributed by atoms with van der Waals surface area (Å²) >= 11 is 1.18. The molecule has 1 aromatic heterocycles. The first-order valence-electron chi connectivity index (χ1n) is 13.7. The molecule has 0 N–H and O–H groups in total. The number of allylic oxidation sites excluding steroid dienone is 1. The van der Waals surface area contributed by atoms with Gasteiger partial charge in [0.25, 0.3) is 11.5 Å². The number of para-hydroxylation sites is 1. The van der Waals surface area contributed by atoms with Gasteiger partial charge in [0.2, 0.25) is 0 Å². The van der Waals surface area contributed by atoms with Crippen molar-refractivity contribution in [3.8, 4) is 0 Å². The number of carbonyl (C=O) groups excluding carboxylic acids is 2. The number of fused-ring (bicyclic) bond motifs is 2. The molecule has 0 spiro atoms. The van der Waals surface area contributed by atoms with Gasteiger partial charge in [-0.3, -0.25) is 14.2 Å². The van der Waals surface area contributed by atoms with E-state index in [0.29, 0.717) is 38.3 Å². The smallest absolute Gasteiger partial charge is 0.338 e. The van der Waals surface area contributed by atoms with E-state index in [4.69, 9.17) is 4.74 Å². The summed E-state index contributed by atoms with van der Waals surface area (Å²) in [7, 11) is 3.90. The van der Waals surface area contributed by atoms with E-state index >= 15 is 0 Å². The maximum Gasteiger partial charge on any atom is 0.338 e. The van der Waals surface area contributed by atoms with Crippen molar-refractivity contribution in [3.63, 3.8) is 0 Å². The molecule has 2 aliphatic rings. The maximum atomic E-state index is 14.4. The van der Waals surface area contributed by atoms with Crippen LogP contribution in [0.3, 0.4) is 0 Å². The first-order chi connectivity index (χ1) is 20.3. The number of anilines is 2. The topological polar surface area (TPSA) is 84.2 Å². The second-order valence-electron chi connectivity index (χ2n) is 10.4. The summed E-state index contributed by atoms with van der Waals surface area (Å²) in [5, 5.41) is 0. The minimum atomic E-state index is -0.752. The zero-order valence-electron chi connectivity index (χ0n) is 23.8. The lowest BCUT2D eigenvalue weighted by Crippen LogP contribution is -2.41. The Kier molecular flexibility index (Phi) is 7.12. The van der Waals surface area contributed by atoms with Gasteiger partial charge >= 0.3 is 5.97 Å². The average Bonchev–Trinajstić information content (AvgIpc) is 3.45. The Labute approximate surface area is 247 Å². The molecule has 6 rings (SSSR count). The van der Waals surface area contributed by atoms with E-state index in [1.807, 2.05) is 97.9 Å². The van der Waals surface area contributed by atoms with Gasteiger partial charge in [0.1, 0.15) is 4.53 Å². The molecule has 0 unspecified atom stereocenters. The van der Waals surface area contributed by atoms with E-state index in [0.717, 1.165) is 22.5 Å². The molecule has 0 saturated heterocycles. The predicted molar refractivity (Wildman–Crippen MR) is 164 cm³/mol. The quantitative estimate of drug-likeness (QED) is 0.325. The summed E-state index contributed by atoms with van der Waals surface area (Å²) in [6.07, 6.45) is 0. The van der Waals surface area contributed by atoms with E-state index in [9.17, 15) is 14.4 Å². The van der Waals surface area contributed by atoms with Gasteiger partial charge in [0, 0.05) is 25.3 Å². The van der Waals surface area contributed by atoms with E-state index in [1.54, 1.807) is 18.7 Å².